The van der Waals surface area contributed by atoms with Gasteiger partial charge in [0.25, 0.3) is 0 Å². The number of fused-ring (bicyclic) bond motifs is 1. The highest BCUT2D eigenvalue weighted by molar-refractivity contribution is 6.30. The van der Waals surface area contributed by atoms with E-state index in [1.54, 1.807) is 36.4 Å². The van der Waals surface area contributed by atoms with E-state index in [1.165, 1.54) is 18.4 Å². The van der Waals surface area contributed by atoms with Crippen molar-refractivity contribution in [2.75, 3.05) is 5.32 Å². The van der Waals surface area contributed by atoms with Gasteiger partial charge in [-0.3, -0.25) is 14.2 Å². The van der Waals surface area contributed by atoms with Crippen molar-refractivity contribution >= 4 is 35.0 Å². The minimum absolute atomic E-state index is 0.0145. The first-order chi connectivity index (χ1) is 16.1. The second kappa shape index (κ2) is 9.26. The number of carbonyl (C=O) groups is 2. The van der Waals surface area contributed by atoms with Crippen LogP contribution < -0.4 is 16.7 Å². The molecular formula is C24H23ClN4O5. The maximum Gasteiger partial charge on any atom is 0.355 e. The zero-order valence-corrected chi connectivity index (χ0v) is 19.4. The summed E-state index contributed by atoms with van der Waals surface area (Å²) < 4.78 is 2.15. The highest BCUT2D eigenvalue weighted by atomic mass is 35.5. The van der Waals surface area contributed by atoms with E-state index >= 15 is 0 Å². The molecule has 0 bridgehead atoms. The molecule has 0 saturated heterocycles. The van der Waals surface area contributed by atoms with Crippen molar-refractivity contribution in [2.45, 2.75) is 39.3 Å². The van der Waals surface area contributed by atoms with Crippen LogP contribution in [0.1, 0.15) is 36.6 Å². The maximum absolute atomic E-state index is 13.5. The Morgan fingerprint density at radius 2 is 1.76 bits per heavy atom. The molecule has 0 amide bonds. The molecule has 176 valence electrons. The number of anilines is 2. The van der Waals surface area contributed by atoms with E-state index < -0.39 is 29.3 Å². The number of hydrogen-bond acceptors (Lipinski definition) is 6. The highest BCUT2D eigenvalue weighted by Gasteiger charge is 2.26. The number of aromatic nitrogens is 3. The molecule has 2 atom stereocenters. The monoisotopic (exact) mass is 482 g/mol. The Labute approximate surface area is 199 Å². The Balaban J connectivity index is 1.80. The molecule has 10 heteroatoms. The van der Waals surface area contributed by atoms with Crippen LogP contribution in [-0.2, 0) is 29.0 Å². The minimum atomic E-state index is -1.13. The van der Waals surface area contributed by atoms with E-state index in [0.29, 0.717) is 23.6 Å². The van der Waals surface area contributed by atoms with Crippen molar-refractivity contribution in [3.8, 4) is 0 Å². The Morgan fingerprint density at radius 3 is 2.44 bits per heavy atom. The number of rotatable bonds is 7. The summed E-state index contributed by atoms with van der Waals surface area (Å²) in [6.45, 7) is 3.00. The van der Waals surface area contributed by atoms with E-state index in [0.717, 1.165) is 21.3 Å². The molecule has 1 aromatic heterocycles. The molecule has 0 radical (unpaired) electrons. The van der Waals surface area contributed by atoms with Gasteiger partial charge in [-0.15, -0.1) is 0 Å². The molecule has 3 aromatic rings. The molecule has 1 aliphatic rings. The largest absolute Gasteiger partial charge is 0.481 e. The molecule has 1 aliphatic carbocycles. The Bertz CT molecular complexity index is 1390. The van der Waals surface area contributed by atoms with Crippen molar-refractivity contribution in [3.05, 3.63) is 85.1 Å². The van der Waals surface area contributed by atoms with E-state index in [-0.39, 0.29) is 18.3 Å². The maximum atomic E-state index is 13.5. The molecule has 2 N–H and O–H groups in total. The van der Waals surface area contributed by atoms with E-state index in [4.69, 9.17) is 11.6 Å². The average Bonchev–Trinajstić information content (AvgIpc) is 3.16. The fourth-order valence-electron chi connectivity index (χ4n) is 3.95. The predicted octanol–water partition coefficient (Wildman–Crippen LogP) is 2.80. The lowest BCUT2D eigenvalue weighted by molar-refractivity contribution is -0.142. The number of ketones is 1. The van der Waals surface area contributed by atoms with Crippen LogP contribution in [0.3, 0.4) is 0 Å². The fourth-order valence-corrected chi connectivity index (χ4v) is 4.08. The number of carboxylic acid groups (broad SMARTS) is 1. The van der Waals surface area contributed by atoms with Crippen molar-refractivity contribution in [2.24, 2.45) is 5.92 Å². The second-order valence-corrected chi connectivity index (χ2v) is 8.89. The molecule has 9 nitrogen and oxygen atoms in total. The summed E-state index contributed by atoms with van der Waals surface area (Å²) >= 11 is 5.97. The van der Waals surface area contributed by atoms with Crippen LogP contribution in [0.25, 0.3) is 0 Å². The molecule has 0 saturated carbocycles. The first kappa shape index (κ1) is 23.4. The van der Waals surface area contributed by atoms with Crippen LogP contribution in [0, 0.1) is 5.92 Å². The summed E-state index contributed by atoms with van der Waals surface area (Å²) in [4.78, 5) is 53.6. The molecule has 0 unspecified atom stereocenters. The minimum Gasteiger partial charge on any atom is -0.481 e. The zero-order chi connectivity index (χ0) is 24.6. The van der Waals surface area contributed by atoms with Crippen LogP contribution in [-0.4, -0.2) is 31.0 Å². The summed E-state index contributed by atoms with van der Waals surface area (Å²) in [6, 6.07) is 11.4. The van der Waals surface area contributed by atoms with Crippen molar-refractivity contribution < 1.29 is 14.7 Å². The number of Topliss-reactive ketones (excluding diaryl/α,β-unsaturated/α-hetero) is 1. The average molecular weight is 483 g/mol. The number of nitrogens with zero attached hydrogens (tertiary/aromatic N) is 3. The van der Waals surface area contributed by atoms with Crippen LogP contribution >= 0.6 is 11.6 Å². The van der Waals surface area contributed by atoms with Gasteiger partial charge >= 0.3 is 17.3 Å². The summed E-state index contributed by atoms with van der Waals surface area (Å²) in [5.74, 6) is -1.96. The number of aliphatic carboxylic acids is 1. The van der Waals surface area contributed by atoms with Crippen LogP contribution in [0.2, 0.25) is 5.02 Å². The number of carboxylic acids is 1. The van der Waals surface area contributed by atoms with E-state index in [2.05, 4.69) is 10.3 Å². The number of halogens is 1. The highest BCUT2D eigenvalue weighted by Crippen LogP contribution is 2.25. The summed E-state index contributed by atoms with van der Waals surface area (Å²) in [7, 11) is 0. The lowest BCUT2D eigenvalue weighted by Crippen LogP contribution is -2.46. The molecule has 0 fully saturated rings. The Kier molecular flexibility index (Phi) is 6.39. The van der Waals surface area contributed by atoms with Gasteiger partial charge in [0, 0.05) is 23.6 Å². The standard InChI is InChI=1S/C24H23ClN4O5/c1-13(21(31)32)14(2)29-23(33)27-22(26-19-8-5-16-10-20(30)11-17(16)9-19)28(24(29)34)12-15-3-6-18(25)7-4-15/h3-9,13-14H,10-12H2,1-2H3,(H,31,32)(H,26,27,33)/t13-,14+/m1/s1. The fraction of sp³-hybridized carbons (Fsp3) is 0.292. The summed E-state index contributed by atoms with van der Waals surface area (Å²) in [5.41, 5.74) is 1.62. The lowest BCUT2D eigenvalue weighted by Gasteiger charge is -2.21. The van der Waals surface area contributed by atoms with Crippen molar-refractivity contribution in [1.29, 1.82) is 0 Å². The molecule has 2 aromatic carbocycles. The summed E-state index contributed by atoms with van der Waals surface area (Å²) in [5, 5.41) is 12.9. The lowest BCUT2D eigenvalue weighted by atomic mass is 10.0. The number of benzene rings is 2. The van der Waals surface area contributed by atoms with E-state index in [1.807, 2.05) is 6.07 Å². The zero-order valence-electron chi connectivity index (χ0n) is 18.6. The predicted molar refractivity (Wildman–Crippen MR) is 127 cm³/mol. The smallest absolute Gasteiger partial charge is 0.355 e. The number of nitrogens with one attached hydrogen (secondary N) is 1. The van der Waals surface area contributed by atoms with Gasteiger partial charge in [-0.1, -0.05) is 29.8 Å². The summed E-state index contributed by atoms with van der Waals surface area (Å²) in [6.07, 6.45) is 0.729. The number of hydrogen-bond donors (Lipinski definition) is 2. The van der Waals surface area contributed by atoms with Crippen molar-refractivity contribution in [1.82, 2.24) is 14.1 Å². The van der Waals surface area contributed by atoms with Gasteiger partial charge in [-0.05, 0) is 54.8 Å². The third-order valence-corrected chi connectivity index (χ3v) is 6.36. The van der Waals surface area contributed by atoms with Gasteiger partial charge in [0.2, 0.25) is 5.95 Å². The van der Waals surface area contributed by atoms with Gasteiger partial charge in [0.1, 0.15) is 5.78 Å². The van der Waals surface area contributed by atoms with Gasteiger partial charge in [0.05, 0.1) is 18.5 Å². The topological polar surface area (TPSA) is 123 Å². The van der Waals surface area contributed by atoms with Gasteiger partial charge < -0.3 is 10.4 Å². The quantitative estimate of drug-likeness (QED) is 0.530. The molecule has 1 heterocycles. The third kappa shape index (κ3) is 4.65. The van der Waals surface area contributed by atoms with Gasteiger partial charge in [-0.25, -0.2) is 14.2 Å². The Morgan fingerprint density at radius 1 is 1.09 bits per heavy atom. The first-order valence-corrected chi connectivity index (χ1v) is 11.1. The van der Waals surface area contributed by atoms with Gasteiger partial charge in [0.15, 0.2) is 0 Å². The Hall–Kier alpha value is -3.72. The first-order valence-electron chi connectivity index (χ1n) is 10.7. The van der Waals surface area contributed by atoms with Crippen molar-refractivity contribution in [3.63, 3.8) is 0 Å². The second-order valence-electron chi connectivity index (χ2n) is 8.45. The van der Waals surface area contributed by atoms with Crippen LogP contribution in [0.4, 0.5) is 11.6 Å². The van der Waals surface area contributed by atoms with Crippen LogP contribution in [0.5, 0.6) is 0 Å². The molecule has 0 spiro atoms. The van der Waals surface area contributed by atoms with E-state index in [9.17, 15) is 24.3 Å². The normalized spacial score (nSPS) is 14.5. The van der Waals surface area contributed by atoms with Crippen LogP contribution in [0.15, 0.2) is 52.1 Å². The number of carbonyl (C=O) groups excluding carboxylic acids is 1. The third-order valence-electron chi connectivity index (χ3n) is 6.11. The van der Waals surface area contributed by atoms with Gasteiger partial charge in [-0.2, -0.15) is 4.98 Å². The molecule has 0 aliphatic heterocycles. The SMILES string of the molecule is C[C@@H](C(=O)O)[C@H](C)n1c(=O)nc(Nc2ccc3c(c2)CC(=O)C3)n(Cc2ccc(Cl)cc2)c1=O. The molecule has 34 heavy (non-hydrogen) atoms. The molecular weight excluding hydrogens is 460 g/mol. The molecule has 4 rings (SSSR count).